The topological polar surface area (TPSA) is 87.2 Å². The van der Waals surface area contributed by atoms with E-state index in [0.717, 1.165) is 26.7 Å². The Morgan fingerprint density at radius 2 is 1.85 bits per heavy atom. The number of rotatable bonds is 8. The first kappa shape index (κ1) is 23.3. The Morgan fingerprint density at radius 3 is 2.58 bits per heavy atom. The standard InChI is InChI=1S/C24H30N4O4S/c1-3-31-20-6-4-18(5-7-20)26-24(30)28-12-10-27(11-13-28)15-19(29)16-32-21-8-9-23-22(14-21)25-17(2)33-23/h4-9,14,19,29H,3,10-13,15-16H2,1-2H3,(H,26,30)/t19-/m1/s1. The van der Waals surface area contributed by atoms with E-state index in [1.165, 1.54) is 0 Å². The summed E-state index contributed by atoms with van der Waals surface area (Å²) in [5.41, 5.74) is 1.66. The van der Waals surface area contributed by atoms with Gasteiger partial charge in [0.15, 0.2) is 0 Å². The third-order valence-electron chi connectivity index (χ3n) is 5.45. The fraction of sp³-hybridized carbons (Fsp3) is 0.417. The lowest BCUT2D eigenvalue weighted by Crippen LogP contribution is -2.51. The van der Waals surface area contributed by atoms with Crippen LogP contribution in [0.1, 0.15) is 11.9 Å². The molecule has 2 aromatic carbocycles. The van der Waals surface area contributed by atoms with Crippen LogP contribution in [0.5, 0.6) is 11.5 Å². The zero-order valence-electron chi connectivity index (χ0n) is 19.0. The van der Waals surface area contributed by atoms with Crippen LogP contribution in [-0.4, -0.2) is 78.0 Å². The second-order valence-electron chi connectivity index (χ2n) is 8.00. The molecule has 8 nitrogen and oxygen atoms in total. The Hall–Kier alpha value is -2.88. The summed E-state index contributed by atoms with van der Waals surface area (Å²) in [5, 5.41) is 14.4. The van der Waals surface area contributed by atoms with Crippen molar-refractivity contribution in [3.8, 4) is 11.5 Å². The van der Waals surface area contributed by atoms with E-state index in [9.17, 15) is 9.90 Å². The van der Waals surface area contributed by atoms with Crippen LogP contribution in [0, 0.1) is 6.92 Å². The predicted octanol–water partition coefficient (Wildman–Crippen LogP) is 3.59. The molecule has 1 saturated heterocycles. The Morgan fingerprint density at radius 1 is 1.12 bits per heavy atom. The van der Waals surface area contributed by atoms with E-state index < -0.39 is 6.10 Å². The fourth-order valence-electron chi connectivity index (χ4n) is 3.79. The summed E-state index contributed by atoms with van der Waals surface area (Å²) in [6.07, 6.45) is -0.609. The molecule has 1 fully saturated rings. The second-order valence-corrected chi connectivity index (χ2v) is 9.24. The first-order chi connectivity index (χ1) is 16.0. The number of thiazole rings is 1. The Labute approximate surface area is 197 Å². The number of ether oxygens (including phenoxy) is 2. The number of carbonyl (C=O) groups is 1. The largest absolute Gasteiger partial charge is 0.494 e. The molecule has 0 bridgehead atoms. The highest BCUT2D eigenvalue weighted by Crippen LogP contribution is 2.25. The number of urea groups is 1. The highest BCUT2D eigenvalue weighted by Gasteiger charge is 2.23. The number of nitrogens with zero attached hydrogens (tertiary/aromatic N) is 3. The molecule has 0 unspecified atom stereocenters. The molecular weight excluding hydrogens is 440 g/mol. The number of nitrogens with one attached hydrogen (secondary N) is 1. The van der Waals surface area contributed by atoms with Crippen LogP contribution in [0.4, 0.5) is 10.5 Å². The highest BCUT2D eigenvalue weighted by atomic mass is 32.1. The zero-order valence-corrected chi connectivity index (χ0v) is 19.8. The molecule has 2 N–H and O–H groups in total. The first-order valence-electron chi connectivity index (χ1n) is 11.2. The van der Waals surface area contributed by atoms with Crippen molar-refractivity contribution in [1.29, 1.82) is 0 Å². The van der Waals surface area contributed by atoms with Crippen molar-refractivity contribution in [3.63, 3.8) is 0 Å². The van der Waals surface area contributed by atoms with Crippen molar-refractivity contribution in [2.24, 2.45) is 0 Å². The van der Waals surface area contributed by atoms with Crippen LogP contribution >= 0.6 is 11.3 Å². The third-order valence-corrected chi connectivity index (χ3v) is 6.41. The molecule has 2 heterocycles. The number of aromatic nitrogens is 1. The molecule has 2 amide bonds. The van der Waals surface area contributed by atoms with Crippen LogP contribution in [0.2, 0.25) is 0 Å². The summed E-state index contributed by atoms with van der Waals surface area (Å²) in [4.78, 5) is 21.0. The van der Waals surface area contributed by atoms with Gasteiger partial charge in [-0.1, -0.05) is 0 Å². The third kappa shape index (κ3) is 6.34. The van der Waals surface area contributed by atoms with E-state index in [0.29, 0.717) is 45.1 Å². The lowest BCUT2D eigenvalue weighted by molar-refractivity contribution is 0.0526. The van der Waals surface area contributed by atoms with Gasteiger partial charge in [-0.3, -0.25) is 4.90 Å². The fourth-order valence-corrected chi connectivity index (χ4v) is 4.60. The normalized spacial score (nSPS) is 15.4. The van der Waals surface area contributed by atoms with Gasteiger partial charge in [-0.25, -0.2) is 9.78 Å². The lowest BCUT2D eigenvalue weighted by Gasteiger charge is -2.35. The number of benzene rings is 2. The minimum absolute atomic E-state index is 0.115. The second kappa shape index (κ2) is 10.8. The highest BCUT2D eigenvalue weighted by molar-refractivity contribution is 7.18. The van der Waals surface area contributed by atoms with Crippen LogP contribution in [0.15, 0.2) is 42.5 Å². The number of aliphatic hydroxyl groups is 1. The molecular formula is C24H30N4O4S. The van der Waals surface area contributed by atoms with E-state index in [1.807, 2.05) is 56.3 Å². The summed E-state index contributed by atoms with van der Waals surface area (Å²) >= 11 is 1.65. The minimum Gasteiger partial charge on any atom is -0.494 e. The monoisotopic (exact) mass is 470 g/mol. The molecule has 0 spiro atoms. The molecule has 1 atom stereocenters. The number of piperazine rings is 1. The van der Waals surface area contributed by atoms with Crippen molar-refractivity contribution in [1.82, 2.24) is 14.8 Å². The van der Waals surface area contributed by atoms with Gasteiger partial charge < -0.3 is 24.8 Å². The molecule has 0 aliphatic carbocycles. The molecule has 33 heavy (non-hydrogen) atoms. The maximum absolute atomic E-state index is 12.6. The van der Waals surface area contributed by atoms with Crippen LogP contribution < -0.4 is 14.8 Å². The molecule has 4 rings (SSSR count). The Balaban J connectivity index is 1.18. The summed E-state index contributed by atoms with van der Waals surface area (Å²) in [6, 6.07) is 13.1. The molecule has 9 heteroatoms. The van der Waals surface area contributed by atoms with Gasteiger partial charge in [0, 0.05) is 44.5 Å². The number of aliphatic hydroxyl groups excluding tert-OH is 1. The zero-order chi connectivity index (χ0) is 23.2. The Bertz CT molecular complexity index is 1060. The number of carbonyl (C=O) groups excluding carboxylic acids is 1. The quantitative estimate of drug-likeness (QED) is 0.523. The van der Waals surface area contributed by atoms with Gasteiger partial charge in [-0.2, -0.15) is 0 Å². The van der Waals surface area contributed by atoms with Gasteiger partial charge in [0.2, 0.25) is 0 Å². The molecule has 1 aromatic heterocycles. The molecule has 3 aromatic rings. The van der Waals surface area contributed by atoms with Crippen molar-refractivity contribution >= 4 is 33.3 Å². The predicted molar refractivity (Wildman–Crippen MR) is 131 cm³/mol. The van der Waals surface area contributed by atoms with E-state index in [-0.39, 0.29) is 12.6 Å². The molecule has 1 aliphatic heterocycles. The number of aryl methyl sites for hydroxylation is 1. The SMILES string of the molecule is CCOc1ccc(NC(=O)N2CCN(C[C@@H](O)COc3ccc4sc(C)nc4c3)CC2)cc1. The number of anilines is 1. The van der Waals surface area contributed by atoms with Crippen LogP contribution in [0.25, 0.3) is 10.2 Å². The number of hydrogen-bond acceptors (Lipinski definition) is 7. The molecule has 0 saturated carbocycles. The summed E-state index contributed by atoms with van der Waals surface area (Å²) in [5.74, 6) is 1.49. The Kier molecular flexibility index (Phi) is 7.64. The van der Waals surface area contributed by atoms with E-state index in [4.69, 9.17) is 9.47 Å². The van der Waals surface area contributed by atoms with Gasteiger partial charge in [-0.15, -0.1) is 11.3 Å². The van der Waals surface area contributed by atoms with Gasteiger partial charge in [0.05, 0.1) is 21.8 Å². The van der Waals surface area contributed by atoms with E-state index in [2.05, 4.69) is 15.2 Å². The molecule has 0 radical (unpaired) electrons. The average Bonchev–Trinajstić information content (AvgIpc) is 3.19. The smallest absolute Gasteiger partial charge is 0.321 e. The molecule has 176 valence electrons. The van der Waals surface area contributed by atoms with Gasteiger partial charge in [0.25, 0.3) is 0 Å². The van der Waals surface area contributed by atoms with Gasteiger partial charge >= 0.3 is 6.03 Å². The summed E-state index contributed by atoms with van der Waals surface area (Å²) in [6.45, 7) is 7.88. The maximum Gasteiger partial charge on any atom is 0.321 e. The van der Waals surface area contributed by atoms with Crippen molar-refractivity contribution in [2.75, 3.05) is 51.3 Å². The lowest BCUT2D eigenvalue weighted by atomic mass is 10.2. The maximum atomic E-state index is 12.6. The summed E-state index contributed by atoms with van der Waals surface area (Å²) in [7, 11) is 0. The van der Waals surface area contributed by atoms with E-state index >= 15 is 0 Å². The van der Waals surface area contributed by atoms with Crippen molar-refractivity contribution in [2.45, 2.75) is 20.0 Å². The number of β-amino-alcohol motifs (C(OH)–C–C–N with tert-alkyl or cyclic N) is 1. The van der Waals surface area contributed by atoms with Crippen molar-refractivity contribution < 1.29 is 19.4 Å². The number of hydrogen-bond donors (Lipinski definition) is 2. The van der Waals surface area contributed by atoms with Gasteiger partial charge in [0.1, 0.15) is 24.2 Å². The summed E-state index contributed by atoms with van der Waals surface area (Å²) < 4.78 is 12.3. The van der Waals surface area contributed by atoms with Crippen LogP contribution in [-0.2, 0) is 0 Å². The van der Waals surface area contributed by atoms with Crippen LogP contribution in [0.3, 0.4) is 0 Å². The number of fused-ring (bicyclic) bond motifs is 1. The average molecular weight is 471 g/mol. The number of amides is 2. The van der Waals surface area contributed by atoms with Gasteiger partial charge in [-0.05, 0) is 50.2 Å². The minimum atomic E-state index is -0.609. The van der Waals surface area contributed by atoms with E-state index in [1.54, 1.807) is 16.2 Å². The van der Waals surface area contributed by atoms with Crippen molar-refractivity contribution in [3.05, 3.63) is 47.5 Å². The molecule has 1 aliphatic rings. The first-order valence-corrected chi connectivity index (χ1v) is 12.0.